The SMILES string of the molecule is CCC.CCC.CCCC[C@@]1(CC)CSc2ccc(N(C)C)cc2C(c2cccc(NC(=O)CCCCNC[C@H](O)[C@@H](O)[C@H](O)C(O)CO)c2)N1.CC[C@H](N)Cc1cccc(C)c1. The van der Waals surface area contributed by atoms with Crippen LogP contribution >= 0.6 is 11.8 Å². The predicted octanol–water partition coefficient (Wildman–Crippen LogP) is 8.12. The van der Waals surface area contributed by atoms with E-state index in [4.69, 9.17) is 10.8 Å². The number of fused-ring (bicyclic) bond motifs is 1. The molecular weight excluding hydrogens is 811 g/mol. The van der Waals surface area contributed by atoms with E-state index in [1.54, 1.807) is 0 Å². The molecule has 0 saturated heterocycles. The van der Waals surface area contributed by atoms with Crippen molar-refractivity contribution in [3.05, 3.63) is 89.0 Å². The number of anilines is 2. The zero-order valence-electron chi connectivity index (χ0n) is 40.5. The first-order valence-electron chi connectivity index (χ1n) is 23.6. The molecule has 0 fully saturated rings. The fourth-order valence-corrected chi connectivity index (χ4v) is 8.26. The minimum atomic E-state index is -1.65. The molecule has 358 valence electrons. The summed E-state index contributed by atoms with van der Waals surface area (Å²) in [6.07, 6.45) is 4.56. The van der Waals surface area contributed by atoms with Crippen LogP contribution in [0.4, 0.5) is 11.4 Å². The van der Waals surface area contributed by atoms with Gasteiger partial charge in [0.15, 0.2) is 0 Å². The molecule has 0 spiro atoms. The molecule has 4 rings (SSSR count). The third-order valence-corrected chi connectivity index (χ3v) is 12.1. The van der Waals surface area contributed by atoms with Crippen LogP contribution in [0.2, 0.25) is 0 Å². The molecule has 10 N–H and O–H groups in total. The van der Waals surface area contributed by atoms with Crippen molar-refractivity contribution in [1.29, 1.82) is 0 Å². The monoisotopic (exact) mass is 898 g/mol. The van der Waals surface area contributed by atoms with Crippen molar-refractivity contribution in [1.82, 2.24) is 10.6 Å². The van der Waals surface area contributed by atoms with Gasteiger partial charge in [-0.2, -0.15) is 0 Å². The lowest BCUT2D eigenvalue weighted by molar-refractivity contribution is -0.116. The Labute approximate surface area is 386 Å². The molecule has 63 heavy (non-hydrogen) atoms. The van der Waals surface area contributed by atoms with Gasteiger partial charge < -0.3 is 46.8 Å². The summed E-state index contributed by atoms with van der Waals surface area (Å²) in [5.41, 5.74) is 12.8. The number of rotatable bonds is 21. The lowest BCUT2D eigenvalue weighted by Crippen LogP contribution is -2.49. The Kier molecular flexibility index (Phi) is 30.0. The Morgan fingerprint density at radius 2 is 1.56 bits per heavy atom. The smallest absolute Gasteiger partial charge is 0.224 e. The Morgan fingerprint density at radius 3 is 2.16 bits per heavy atom. The minimum absolute atomic E-state index is 0.000000587. The summed E-state index contributed by atoms with van der Waals surface area (Å²) in [5, 5.41) is 58.1. The van der Waals surface area contributed by atoms with E-state index in [9.17, 15) is 25.2 Å². The van der Waals surface area contributed by atoms with Crippen molar-refractivity contribution in [2.24, 2.45) is 5.73 Å². The number of nitrogens with two attached hydrogens (primary N) is 1. The molecule has 1 aliphatic rings. The molecule has 1 heterocycles. The number of carbonyl (C=O) groups is 1. The molecule has 0 saturated carbocycles. The standard InChI is InChI=1S/C34H54N4O6S.C11H17N.2C3H8/c1-5-7-16-34(6-2)22-45-29-15-14-25(38(3)4)19-26(29)31(37-34)23-11-10-12-24(18-23)36-30(42)13-8-9-17-35-20-27(40)32(43)33(44)28(41)21-39;1-3-11(12)8-10-6-4-5-9(2)7-10;2*1-3-2/h10-12,14-15,18-19,27-28,31-33,35,37,39-41,43-44H,5-9,13,16-17,20-22H2,1-4H3,(H,36,42);4-7,11H,3,8,12H2,1-2H3;2*3H2,1-2H3/t27-,28?,31?,32+,33+,34-;11-;;/m00../s1. The van der Waals surface area contributed by atoms with Crippen molar-refractivity contribution in [2.45, 2.75) is 173 Å². The van der Waals surface area contributed by atoms with Crippen LogP contribution in [0.3, 0.4) is 0 Å². The van der Waals surface area contributed by atoms with Gasteiger partial charge in [0.25, 0.3) is 0 Å². The quantitative estimate of drug-likeness (QED) is 0.0471. The molecule has 1 amide bonds. The molecule has 0 aromatic heterocycles. The molecule has 12 heteroatoms. The highest BCUT2D eigenvalue weighted by molar-refractivity contribution is 7.99. The average Bonchev–Trinajstić information content (AvgIpc) is 3.43. The second-order valence-electron chi connectivity index (χ2n) is 17.1. The van der Waals surface area contributed by atoms with Gasteiger partial charge in [0.05, 0.1) is 18.8 Å². The number of amides is 1. The van der Waals surface area contributed by atoms with Crippen molar-refractivity contribution >= 4 is 29.0 Å². The number of hydrogen-bond donors (Lipinski definition) is 9. The Balaban J connectivity index is 0.000000918. The molecule has 7 atom stereocenters. The normalized spacial score (nSPS) is 17.9. The summed E-state index contributed by atoms with van der Waals surface area (Å²) in [5.74, 6) is 0.933. The number of nitrogens with zero attached hydrogens (tertiary/aromatic N) is 1. The number of benzene rings is 3. The third-order valence-electron chi connectivity index (χ3n) is 10.8. The fourth-order valence-electron chi connectivity index (χ4n) is 6.89. The minimum Gasteiger partial charge on any atom is -0.394 e. The van der Waals surface area contributed by atoms with E-state index in [0.29, 0.717) is 31.8 Å². The van der Waals surface area contributed by atoms with Crippen molar-refractivity contribution in [3.63, 3.8) is 0 Å². The van der Waals surface area contributed by atoms with Crippen LogP contribution in [-0.2, 0) is 11.2 Å². The molecule has 3 aromatic carbocycles. The van der Waals surface area contributed by atoms with Crippen molar-refractivity contribution in [3.8, 4) is 0 Å². The van der Waals surface area contributed by atoms with E-state index >= 15 is 0 Å². The number of unbranched alkanes of at least 4 members (excludes halogenated alkanes) is 2. The zero-order valence-corrected chi connectivity index (χ0v) is 41.3. The number of thioether (sulfide) groups is 1. The van der Waals surface area contributed by atoms with Gasteiger partial charge in [-0.15, -0.1) is 11.8 Å². The maximum atomic E-state index is 12.8. The van der Waals surface area contributed by atoms with E-state index in [1.165, 1.54) is 40.8 Å². The lowest BCUT2D eigenvalue weighted by Gasteiger charge is -2.36. The van der Waals surface area contributed by atoms with E-state index in [0.717, 1.165) is 54.8 Å². The first-order chi connectivity index (χ1) is 30.1. The highest BCUT2D eigenvalue weighted by Crippen LogP contribution is 2.42. The molecule has 1 aliphatic heterocycles. The van der Waals surface area contributed by atoms with Crippen LogP contribution in [0.5, 0.6) is 0 Å². The maximum absolute atomic E-state index is 12.8. The van der Waals surface area contributed by atoms with Crippen LogP contribution in [0, 0.1) is 6.92 Å². The van der Waals surface area contributed by atoms with Crippen molar-refractivity contribution in [2.75, 3.05) is 49.8 Å². The van der Waals surface area contributed by atoms with Gasteiger partial charge in [-0.25, -0.2) is 0 Å². The number of aliphatic hydroxyl groups excluding tert-OH is 5. The van der Waals surface area contributed by atoms with Gasteiger partial charge in [0.2, 0.25) is 5.91 Å². The summed E-state index contributed by atoms with van der Waals surface area (Å²) < 4.78 is 0. The van der Waals surface area contributed by atoms with Crippen LogP contribution in [0.25, 0.3) is 0 Å². The predicted molar refractivity (Wildman–Crippen MR) is 267 cm³/mol. The zero-order chi connectivity index (χ0) is 47.4. The first kappa shape index (κ1) is 58.0. The second kappa shape index (κ2) is 32.6. The van der Waals surface area contributed by atoms with E-state index in [2.05, 4.69) is 145 Å². The van der Waals surface area contributed by atoms with Gasteiger partial charge in [-0.3, -0.25) is 10.1 Å². The highest BCUT2D eigenvalue weighted by atomic mass is 32.2. The summed E-state index contributed by atoms with van der Waals surface area (Å²) in [6, 6.07) is 23.7. The number of carbonyl (C=O) groups excluding carboxylic acids is 1. The first-order valence-corrected chi connectivity index (χ1v) is 24.5. The van der Waals surface area contributed by atoms with E-state index in [1.807, 2.05) is 23.9 Å². The van der Waals surface area contributed by atoms with Crippen LogP contribution in [0.1, 0.15) is 141 Å². The second-order valence-corrected chi connectivity index (χ2v) is 18.1. The summed E-state index contributed by atoms with van der Waals surface area (Å²) in [7, 11) is 4.12. The molecule has 3 aromatic rings. The molecule has 0 aliphatic carbocycles. The van der Waals surface area contributed by atoms with Gasteiger partial charge >= 0.3 is 0 Å². The summed E-state index contributed by atoms with van der Waals surface area (Å²) in [4.78, 5) is 16.3. The summed E-state index contributed by atoms with van der Waals surface area (Å²) in [6.45, 7) is 17.0. The van der Waals surface area contributed by atoms with Crippen LogP contribution < -0.4 is 26.6 Å². The third kappa shape index (κ3) is 21.7. The molecule has 0 radical (unpaired) electrons. The molecule has 0 bridgehead atoms. The maximum Gasteiger partial charge on any atom is 0.224 e. The Morgan fingerprint density at radius 1 is 0.889 bits per heavy atom. The van der Waals surface area contributed by atoms with E-state index < -0.39 is 31.0 Å². The highest BCUT2D eigenvalue weighted by Gasteiger charge is 2.36. The number of aryl methyl sites for hydroxylation is 1. The topological polar surface area (TPSA) is 184 Å². The number of hydrogen-bond acceptors (Lipinski definition) is 11. The fraction of sp³-hybridized carbons (Fsp3) is 0.627. The van der Waals surface area contributed by atoms with Gasteiger partial charge in [0, 0.05) is 60.7 Å². The van der Waals surface area contributed by atoms with E-state index in [-0.39, 0.29) is 24.0 Å². The Bertz CT molecular complexity index is 1660. The lowest BCUT2D eigenvalue weighted by atomic mass is 9.88. The van der Waals surface area contributed by atoms with Gasteiger partial charge in [-0.05, 0) is 99.0 Å². The van der Waals surface area contributed by atoms with Crippen molar-refractivity contribution < 1.29 is 30.3 Å². The van der Waals surface area contributed by atoms with Crippen LogP contribution in [0.15, 0.2) is 71.6 Å². The van der Waals surface area contributed by atoms with Gasteiger partial charge in [-0.1, -0.05) is 116 Å². The average molecular weight is 898 g/mol. The molecule has 11 nitrogen and oxygen atoms in total. The Hall–Kier alpha value is -3.04. The summed E-state index contributed by atoms with van der Waals surface area (Å²) >= 11 is 1.93. The number of aliphatic hydroxyl groups is 5. The molecular formula is C51H87N5O6S. The van der Waals surface area contributed by atoms with Crippen LogP contribution in [-0.4, -0.2) is 107 Å². The molecule has 2 unspecified atom stereocenters. The number of nitrogens with one attached hydrogen (secondary N) is 3. The van der Waals surface area contributed by atoms with Gasteiger partial charge in [0.1, 0.15) is 18.3 Å². The largest absolute Gasteiger partial charge is 0.394 e.